The highest BCUT2D eigenvalue weighted by molar-refractivity contribution is 5.83. The maximum atomic E-state index is 11.9. The molecule has 82 valence electrons. The maximum absolute atomic E-state index is 11.9. The van der Waals surface area contributed by atoms with Crippen LogP contribution in [0.25, 0.3) is 0 Å². The zero-order valence-electron chi connectivity index (χ0n) is 9.06. The Morgan fingerprint density at radius 3 is 2.80 bits per heavy atom. The van der Waals surface area contributed by atoms with Crippen molar-refractivity contribution in [2.45, 2.75) is 31.6 Å². The molecule has 1 fully saturated rings. The third-order valence-electron chi connectivity index (χ3n) is 3.01. The molecule has 1 aromatic rings. The van der Waals surface area contributed by atoms with Crippen molar-refractivity contribution in [1.82, 2.24) is 14.8 Å². The summed E-state index contributed by atoms with van der Waals surface area (Å²) in [5, 5.41) is 7.84. The molecule has 0 amide bonds. The van der Waals surface area contributed by atoms with Crippen LogP contribution in [0, 0.1) is 0 Å². The highest BCUT2D eigenvalue weighted by Gasteiger charge is 2.50. The van der Waals surface area contributed by atoms with Crippen molar-refractivity contribution in [1.29, 1.82) is 0 Å². The third kappa shape index (κ3) is 1.42. The van der Waals surface area contributed by atoms with Gasteiger partial charge in [-0.25, -0.2) is 0 Å². The van der Waals surface area contributed by atoms with Crippen LogP contribution in [-0.2, 0) is 22.0 Å². The molecular weight excluding hydrogens is 194 g/mol. The Morgan fingerprint density at radius 2 is 2.40 bits per heavy atom. The molecule has 1 aliphatic carbocycles. The Morgan fingerprint density at radius 1 is 1.67 bits per heavy atom. The molecule has 1 aromatic heterocycles. The first kappa shape index (κ1) is 10.1. The molecule has 15 heavy (non-hydrogen) atoms. The van der Waals surface area contributed by atoms with E-state index in [4.69, 9.17) is 4.74 Å². The predicted octanol–water partition coefficient (Wildman–Crippen LogP) is 0.800. The maximum Gasteiger partial charge on any atom is 0.319 e. The van der Waals surface area contributed by atoms with Crippen LogP contribution in [0.3, 0.4) is 0 Å². The summed E-state index contributed by atoms with van der Waals surface area (Å²) in [6, 6.07) is 0. The van der Waals surface area contributed by atoms with E-state index in [1.807, 2.05) is 14.0 Å². The summed E-state index contributed by atoms with van der Waals surface area (Å²) in [5.41, 5.74) is -0.527. The molecule has 0 saturated heterocycles. The van der Waals surface area contributed by atoms with E-state index >= 15 is 0 Å². The first-order chi connectivity index (χ1) is 7.20. The normalized spacial score (nSPS) is 18.3. The van der Waals surface area contributed by atoms with Gasteiger partial charge in [0.15, 0.2) is 0 Å². The highest BCUT2D eigenvalue weighted by Crippen LogP contribution is 2.43. The summed E-state index contributed by atoms with van der Waals surface area (Å²) in [5.74, 6) is 0.569. The van der Waals surface area contributed by atoms with Crippen LogP contribution >= 0.6 is 0 Å². The van der Waals surface area contributed by atoms with Crippen molar-refractivity contribution in [3.05, 3.63) is 12.2 Å². The fourth-order valence-corrected chi connectivity index (χ4v) is 2.04. The number of rotatable bonds is 3. The van der Waals surface area contributed by atoms with Gasteiger partial charge in [0.25, 0.3) is 0 Å². The molecule has 1 heterocycles. The van der Waals surface area contributed by atoms with Crippen molar-refractivity contribution < 1.29 is 9.53 Å². The van der Waals surface area contributed by atoms with Crippen LogP contribution < -0.4 is 0 Å². The van der Waals surface area contributed by atoms with E-state index in [1.54, 1.807) is 10.9 Å². The SMILES string of the molecule is CCOC(=O)C1(c2nncn2C)CCC1. The molecule has 0 aromatic carbocycles. The van der Waals surface area contributed by atoms with E-state index in [2.05, 4.69) is 10.2 Å². The molecule has 5 heteroatoms. The topological polar surface area (TPSA) is 57.0 Å². The van der Waals surface area contributed by atoms with Crippen molar-refractivity contribution in [2.24, 2.45) is 7.05 Å². The second-order valence-corrected chi connectivity index (χ2v) is 3.92. The fraction of sp³-hybridized carbons (Fsp3) is 0.700. The summed E-state index contributed by atoms with van der Waals surface area (Å²) in [4.78, 5) is 11.9. The molecule has 1 saturated carbocycles. The van der Waals surface area contributed by atoms with Gasteiger partial charge < -0.3 is 9.30 Å². The molecule has 0 radical (unpaired) electrons. The van der Waals surface area contributed by atoms with Gasteiger partial charge in [0.05, 0.1) is 6.61 Å². The number of esters is 1. The highest BCUT2D eigenvalue weighted by atomic mass is 16.5. The molecular formula is C10H15N3O2. The van der Waals surface area contributed by atoms with Gasteiger partial charge in [-0.2, -0.15) is 0 Å². The van der Waals surface area contributed by atoms with Crippen LogP contribution in [0.1, 0.15) is 32.0 Å². The van der Waals surface area contributed by atoms with Crippen molar-refractivity contribution >= 4 is 5.97 Å². The minimum Gasteiger partial charge on any atom is -0.465 e. The van der Waals surface area contributed by atoms with Crippen LogP contribution in [0.4, 0.5) is 0 Å². The molecule has 0 aliphatic heterocycles. The monoisotopic (exact) mass is 209 g/mol. The minimum atomic E-state index is -0.527. The number of carbonyl (C=O) groups is 1. The molecule has 0 atom stereocenters. The third-order valence-corrected chi connectivity index (χ3v) is 3.01. The van der Waals surface area contributed by atoms with Crippen molar-refractivity contribution in [3.8, 4) is 0 Å². The number of nitrogens with zero attached hydrogens (tertiary/aromatic N) is 3. The van der Waals surface area contributed by atoms with Crippen molar-refractivity contribution in [2.75, 3.05) is 6.61 Å². The van der Waals surface area contributed by atoms with E-state index < -0.39 is 5.41 Å². The zero-order valence-corrected chi connectivity index (χ0v) is 9.06. The van der Waals surface area contributed by atoms with Crippen LogP contribution in [0.2, 0.25) is 0 Å². The lowest BCUT2D eigenvalue weighted by Gasteiger charge is -2.37. The number of aryl methyl sites for hydroxylation is 1. The average molecular weight is 209 g/mol. The van der Waals surface area contributed by atoms with Crippen LogP contribution in [0.5, 0.6) is 0 Å². The molecule has 0 N–H and O–H groups in total. The Labute approximate surface area is 88.4 Å². The standard InChI is InChI=1S/C10H15N3O2/c1-3-15-9(14)10(5-4-6-10)8-12-11-7-13(8)2/h7H,3-6H2,1-2H3. The lowest BCUT2D eigenvalue weighted by Crippen LogP contribution is -2.45. The molecule has 0 spiro atoms. The van der Waals surface area contributed by atoms with Gasteiger partial charge in [-0.05, 0) is 19.8 Å². The molecule has 0 unspecified atom stereocenters. The summed E-state index contributed by atoms with van der Waals surface area (Å²) >= 11 is 0. The summed E-state index contributed by atoms with van der Waals surface area (Å²) in [7, 11) is 1.86. The van der Waals surface area contributed by atoms with Gasteiger partial charge >= 0.3 is 5.97 Å². The first-order valence-electron chi connectivity index (χ1n) is 5.22. The smallest absolute Gasteiger partial charge is 0.319 e. The number of carbonyl (C=O) groups excluding carboxylic acids is 1. The predicted molar refractivity (Wildman–Crippen MR) is 53.2 cm³/mol. The van der Waals surface area contributed by atoms with Crippen LogP contribution in [-0.4, -0.2) is 27.3 Å². The minimum absolute atomic E-state index is 0.160. The number of hydrogen-bond acceptors (Lipinski definition) is 4. The van der Waals surface area contributed by atoms with Gasteiger partial charge in [-0.15, -0.1) is 10.2 Å². The Balaban J connectivity index is 2.30. The summed E-state index contributed by atoms with van der Waals surface area (Å²) in [6.07, 6.45) is 4.30. The molecule has 0 bridgehead atoms. The number of aromatic nitrogens is 3. The first-order valence-corrected chi connectivity index (χ1v) is 5.22. The fourth-order valence-electron chi connectivity index (χ4n) is 2.04. The van der Waals surface area contributed by atoms with E-state index in [0.29, 0.717) is 6.61 Å². The number of hydrogen-bond donors (Lipinski definition) is 0. The molecule has 5 nitrogen and oxygen atoms in total. The lowest BCUT2D eigenvalue weighted by molar-refractivity contribution is -0.154. The van der Waals surface area contributed by atoms with E-state index in [0.717, 1.165) is 25.1 Å². The van der Waals surface area contributed by atoms with Gasteiger partial charge in [-0.1, -0.05) is 6.42 Å². The van der Waals surface area contributed by atoms with Gasteiger partial charge in [0.1, 0.15) is 17.6 Å². The van der Waals surface area contributed by atoms with Gasteiger partial charge in [0.2, 0.25) is 0 Å². The summed E-state index contributed by atoms with van der Waals surface area (Å²) in [6.45, 7) is 2.24. The second-order valence-electron chi connectivity index (χ2n) is 3.92. The van der Waals surface area contributed by atoms with Gasteiger partial charge in [0, 0.05) is 7.05 Å². The van der Waals surface area contributed by atoms with E-state index in [1.165, 1.54) is 0 Å². The van der Waals surface area contributed by atoms with Crippen LogP contribution in [0.15, 0.2) is 6.33 Å². The van der Waals surface area contributed by atoms with E-state index in [-0.39, 0.29) is 5.97 Å². The number of ether oxygens (including phenoxy) is 1. The Bertz CT molecular complexity index is 368. The zero-order chi connectivity index (χ0) is 10.9. The lowest BCUT2D eigenvalue weighted by atomic mass is 9.68. The van der Waals surface area contributed by atoms with Crippen molar-refractivity contribution in [3.63, 3.8) is 0 Å². The van der Waals surface area contributed by atoms with Gasteiger partial charge in [-0.3, -0.25) is 4.79 Å². The largest absolute Gasteiger partial charge is 0.465 e. The van der Waals surface area contributed by atoms with E-state index in [9.17, 15) is 4.79 Å². The second kappa shape index (κ2) is 3.64. The molecule has 2 rings (SSSR count). The quantitative estimate of drug-likeness (QED) is 0.691. The average Bonchev–Trinajstić information content (AvgIpc) is 2.51. The Hall–Kier alpha value is -1.39. The Kier molecular flexibility index (Phi) is 2.46. The molecule has 1 aliphatic rings. The summed E-state index contributed by atoms with van der Waals surface area (Å²) < 4.78 is 6.91.